The second-order valence-corrected chi connectivity index (χ2v) is 7.65. The quantitative estimate of drug-likeness (QED) is 0.422. The summed E-state index contributed by atoms with van der Waals surface area (Å²) in [6.07, 6.45) is -0.300. The van der Waals surface area contributed by atoms with Gasteiger partial charge < -0.3 is 10.2 Å². The smallest absolute Gasteiger partial charge is 0.0720 e. The highest BCUT2D eigenvalue weighted by atomic mass is 35.5. The Hall–Kier alpha value is 1.55. The molecular formula is C10H20Cl2O2S3. The fourth-order valence-electron chi connectivity index (χ4n) is 1.02. The maximum absolute atomic E-state index is 9.65. The SMILES string of the molecule is OCCSCC(O)CSCC(CCl)SCCCl. The Morgan fingerprint density at radius 3 is 2.29 bits per heavy atom. The van der Waals surface area contributed by atoms with Crippen molar-refractivity contribution in [2.75, 3.05) is 47.1 Å². The Morgan fingerprint density at radius 2 is 1.71 bits per heavy atom. The lowest BCUT2D eigenvalue weighted by Crippen LogP contribution is -2.17. The Bertz CT molecular complexity index is 166. The third-order valence-electron chi connectivity index (χ3n) is 1.76. The van der Waals surface area contributed by atoms with Crippen molar-refractivity contribution in [3.63, 3.8) is 0 Å². The average molecular weight is 339 g/mol. The van der Waals surface area contributed by atoms with E-state index < -0.39 is 0 Å². The third-order valence-corrected chi connectivity index (χ3v) is 6.54. The van der Waals surface area contributed by atoms with Gasteiger partial charge >= 0.3 is 0 Å². The molecule has 104 valence electrons. The van der Waals surface area contributed by atoms with E-state index in [0.717, 1.165) is 17.3 Å². The molecule has 0 rings (SSSR count). The molecule has 0 amide bonds. The minimum atomic E-state index is -0.300. The Kier molecular flexibility index (Phi) is 15.2. The van der Waals surface area contributed by atoms with Crippen LogP contribution in [0, 0.1) is 0 Å². The maximum Gasteiger partial charge on any atom is 0.0720 e. The molecule has 17 heavy (non-hydrogen) atoms. The number of hydrogen-bond acceptors (Lipinski definition) is 5. The van der Waals surface area contributed by atoms with E-state index >= 15 is 0 Å². The van der Waals surface area contributed by atoms with Gasteiger partial charge in [0.25, 0.3) is 0 Å². The molecule has 7 heteroatoms. The minimum absolute atomic E-state index is 0.175. The number of thioether (sulfide) groups is 3. The number of aliphatic hydroxyl groups excluding tert-OH is 2. The number of alkyl halides is 2. The van der Waals surface area contributed by atoms with Crippen LogP contribution in [0.2, 0.25) is 0 Å². The van der Waals surface area contributed by atoms with Crippen LogP contribution in [-0.2, 0) is 0 Å². The maximum atomic E-state index is 9.65. The highest BCUT2D eigenvalue weighted by Crippen LogP contribution is 2.19. The molecule has 0 saturated heterocycles. The van der Waals surface area contributed by atoms with Gasteiger partial charge in [0.1, 0.15) is 0 Å². The van der Waals surface area contributed by atoms with Gasteiger partial charge in [-0.3, -0.25) is 0 Å². The van der Waals surface area contributed by atoms with E-state index in [0.29, 0.717) is 28.5 Å². The first-order chi connectivity index (χ1) is 8.24. The lowest BCUT2D eigenvalue weighted by molar-refractivity contribution is 0.225. The fourth-order valence-corrected chi connectivity index (χ4v) is 4.72. The van der Waals surface area contributed by atoms with Crippen molar-refractivity contribution < 1.29 is 10.2 Å². The van der Waals surface area contributed by atoms with E-state index in [1.54, 1.807) is 35.3 Å². The molecule has 0 heterocycles. The lowest BCUT2D eigenvalue weighted by atomic mass is 10.5. The largest absolute Gasteiger partial charge is 0.396 e. The van der Waals surface area contributed by atoms with Crippen LogP contribution < -0.4 is 0 Å². The Labute approximate surface area is 127 Å². The molecule has 0 radical (unpaired) electrons. The first kappa shape index (κ1) is 18.6. The van der Waals surface area contributed by atoms with Crippen molar-refractivity contribution >= 4 is 58.5 Å². The average Bonchev–Trinajstić information content (AvgIpc) is 2.34. The molecule has 0 aromatic rings. The van der Waals surface area contributed by atoms with E-state index in [2.05, 4.69) is 0 Å². The molecule has 2 unspecified atom stereocenters. The summed E-state index contributed by atoms with van der Waals surface area (Å²) >= 11 is 16.6. The molecule has 0 saturated carbocycles. The molecule has 0 bridgehead atoms. The van der Waals surface area contributed by atoms with Crippen molar-refractivity contribution in [3.05, 3.63) is 0 Å². The second kappa shape index (κ2) is 14.0. The van der Waals surface area contributed by atoms with Crippen LogP contribution >= 0.6 is 58.5 Å². The molecular weight excluding hydrogens is 319 g/mol. The van der Waals surface area contributed by atoms with Gasteiger partial charge in [0.15, 0.2) is 0 Å². The summed E-state index contributed by atoms with van der Waals surface area (Å²) in [4.78, 5) is 0. The van der Waals surface area contributed by atoms with Gasteiger partial charge in [0.05, 0.1) is 12.7 Å². The molecule has 0 aliphatic heterocycles. The number of halogens is 2. The van der Waals surface area contributed by atoms with Crippen LogP contribution in [0.3, 0.4) is 0 Å². The van der Waals surface area contributed by atoms with E-state index in [9.17, 15) is 5.11 Å². The molecule has 0 aromatic carbocycles. The number of aliphatic hydroxyl groups is 2. The first-order valence-corrected chi connectivity index (χ1v) is 9.85. The van der Waals surface area contributed by atoms with E-state index in [4.69, 9.17) is 28.3 Å². The zero-order valence-electron chi connectivity index (χ0n) is 9.69. The third kappa shape index (κ3) is 12.3. The Balaban J connectivity index is 3.45. The van der Waals surface area contributed by atoms with Crippen LogP contribution in [-0.4, -0.2) is 68.7 Å². The van der Waals surface area contributed by atoms with Gasteiger partial charge in [0, 0.05) is 45.8 Å². The molecule has 2 N–H and O–H groups in total. The van der Waals surface area contributed by atoms with Crippen molar-refractivity contribution in [3.8, 4) is 0 Å². The van der Waals surface area contributed by atoms with Crippen LogP contribution in [0.1, 0.15) is 0 Å². The summed E-state index contributed by atoms with van der Waals surface area (Å²) in [5.41, 5.74) is 0. The van der Waals surface area contributed by atoms with Gasteiger partial charge in [-0.1, -0.05) is 0 Å². The van der Waals surface area contributed by atoms with Gasteiger partial charge in [-0.05, 0) is 0 Å². The summed E-state index contributed by atoms with van der Waals surface area (Å²) in [5, 5.41) is 18.7. The van der Waals surface area contributed by atoms with Gasteiger partial charge in [-0.2, -0.15) is 35.3 Å². The highest BCUT2D eigenvalue weighted by molar-refractivity contribution is 8.03. The molecule has 0 aliphatic carbocycles. The van der Waals surface area contributed by atoms with Crippen LogP contribution in [0.25, 0.3) is 0 Å². The van der Waals surface area contributed by atoms with Crippen molar-refractivity contribution in [2.45, 2.75) is 11.4 Å². The molecule has 0 fully saturated rings. The predicted molar refractivity (Wildman–Crippen MR) is 85.4 cm³/mol. The van der Waals surface area contributed by atoms with E-state index in [1.165, 1.54) is 0 Å². The van der Waals surface area contributed by atoms with Gasteiger partial charge in [-0.25, -0.2) is 0 Å². The summed E-state index contributed by atoms with van der Waals surface area (Å²) < 4.78 is 0. The fraction of sp³-hybridized carbons (Fsp3) is 1.00. The summed E-state index contributed by atoms with van der Waals surface area (Å²) in [7, 11) is 0. The topological polar surface area (TPSA) is 40.5 Å². The van der Waals surface area contributed by atoms with E-state index in [-0.39, 0.29) is 12.7 Å². The standard InChI is InChI=1S/C10H20Cl2O2S3/c11-1-3-17-10(5-12)8-16-7-9(14)6-15-4-2-13/h9-10,13-14H,1-8H2. The first-order valence-electron chi connectivity index (χ1n) is 5.42. The predicted octanol–water partition coefficient (Wildman–Crippen LogP) is 2.39. The number of hydrogen-bond donors (Lipinski definition) is 2. The zero-order valence-corrected chi connectivity index (χ0v) is 13.6. The van der Waals surface area contributed by atoms with Crippen molar-refractivity contribution in [1.29, 1.82) is 0 Å². The van der Waals surface area contributed by atoms with Gasteiger partial charge in [-0.15, -0.1) is 23.2 Å². The van der Waals surface area contributed by atoms with Crippen molar-refractivity contribution in [1.82, 2.24) is 0 Å². The monoisotopic (exact) mass is 338 g/mol. The summed E-state index contributed by atoms with van der Waals surface area (Å²) in [5.74, 6) is 5.27. The molecule has 0 aliphatic rings. The minimum Gasteiger partial charge on any atom is -0.396 e. The van der Waals surface area contributed by atoms with E-state index in [1.807, 2.05) is 0 Å². The summed E-state index contributed by atoms with van der Waals surface area (Å²) in [6, 6.07) is 0. The zero-order chi connectivity index (χ0) is 12.9. The molecule has 0 spiro atoms. The van der Waals surface area contributed by atoms with Crippen molar-refractivity contribution in [2.24, 2.45) is 0 Å². The lowest BCUT2D eigenvalue weighted by Gasteiger charge is -2.14. The molecule has 2 atom stereocenters. The molecule has 2 nitrogen and oxygen atoms in total. The summed E-state index contributed by atoms with van der Waals surface area (Å²) in [6.45, 7) is 0.175. The highest BCUT2D eigenvalue weighted by Gasteiger charge is 2.10. The van der Waals surface area contributed by atoms with Crippen LogP contribution in [0.4, 0.5) is 0 Å². The van der Waals surface area contributed by atoms with Crippen LogP contribution in [0.5, 0.6) is 0 Å². The Morgan fingerprint density at radius 1 is 1.00 bits per heavy atom. The second-order valence-electron chi connectivity index (χ2n) is 3.33. The van der Waals surface area contributed by atoms with Crippen LogP contribution in [0.15, 0.2) is 0 Å². The number of rotatable bonds is 12. The normalized spacial score (nSPS) is 14.8. The molecule has 0 aromatic heterocycles. The van der Waals surface area contributed by atoms with Gasteiger partial charge in [0.2, 0.25) is 0 Å².